The molecular formula is C14H17BrN2. The van der Waals surface area contributed by atoms with Gasteiger partial charge in [-0.3, -0.25) is 0 Å². The van der Waals surface area contributed by atoms with Crippen LogP contribution in [0.3, 0.4) is 0 Å². The molecule has 1 fully saturated rings. The molecule has 1 saturated carbocycles. The Labute approximate surface area is 111 Å². The third-order valence-electron chi connectivity index (χ3n) is 3.41. The molecule has 1 N–H and O–H groups in total. The van der Waals surface area contributed by atoms with Crippen molar-refractivity contribution in [3.05, 3.63) is 28.2 Å². The van der Waals surface area contributed by atoms with E-state index in [2.05, 4.69) is 27.3 Å². The van der Waals surface area contributed by atoms with Gasteiger partial charge in [-0.2, -0.15) is 5.26 Å². The van der Waals surface area contributed by atoms with E-state index in [0.29, 0.717) is 0 Å². The van der Waals surface area contributed by atoms with Crippen molar-refractivity contribution in [3.63, 3.8) is 0 Å². The summed E-state index contributed by atoms with van der Waals surface area (Å²) >= 11 is 3.39. The van der Waals surface area contributed by atoms with Gasteiger partial charge in [-0.1, -0.05) is 35.2 Å². The van der Waals surface area contributed by atoms with E-state index in [9.17, 15) is 0 Å². The molecule has 1 aliphatic carbocycles. The molecule has 0 bridgehead atoms. The first-order chi connectivity index (χ1) is 8.29. The van der Waals surface area contributed by atoms with E-state index in [1.165, 1.54) is 32.1 Å². The Morgan fingerprint density at radius 1 is 1.29 bits per heavy atom. The van der Waals surface area contributed by atoms with E-state index in [1.807, 2.05) is 18.2 Å². The molecule has 0 aliphatic heterocycles. The van der Waals surface area contributed by atoms with Crippen LogP contribution in [0.15, 0.2) is 22.7 Å². The lowest BCUT2D eigenvalue weighted by Crippen LogP contribution is -2.17. The van der Waals surface area contributed by atoms with Crippen LogP contribution in [-0.2, 0) is 0 Å². The summed E-state index contributed by atoms with van der Waals surface area (Å²) in [7, 11) is 0. The van der Waals surface area contributed by atoms with Gasteiger partial charge in [0.25, 0.3) is 0 Å². The Balaban J connectivity index is 1.96. The number of nitriles is 1. The molecule has 3 heteroatoms. The second kappa shape index (κ2) is 6.07. The van der Waals surface area contributed by atoms with Crippen LogP contribution >= 0.6 is 15.9 Å². The van der Waals surface area contributed by atoms with E-state index in [1.54, 1.807) is 0 Å². The van der Waals surface area contributed by atoms with Crippen molar-refractivity contribution in [3.8, 4) is 6.07 Å². The first-order valence-corrected chi connectivity index (χ1v) is 7.02. The summed E-state index contributed by atoms with van der Waals surface area (Å²) in [6.07, 6.45) is 6.75. The van der Waals surface area contributed by atoms with Crippen LogP contribution in [0.2, 0.25) is 0 Å². The molecule has 1 aliphatic rings. The smallest absolute Gasteiger partial charge is 0.101 e. The van der Waals surface area contributed by atoms with Crippen LogP contribution in [0.25, 0.3) is 0 Å². The summed E-state index contributed by atoms with van der Waals surface area (Å²) in [5, 5.41) is 12.5. The van der Waals surface area contributed by atoms with Crippen LogP contribution in [0.4, 0.5) is 5.69 Å². The van der Waals surface area contributed by atoms with Crippen LogP contribution in [0, 0.1) is 17.2 Å². The maximum atomic E-state index is 9.07. The molecule has 0 atom stereocenters. The molecule has 1 aromatic carbocycles. The molecule has 0 amide bonds. The molecular weight excluding hydrogens is 276 g/mol. The van der Waals surface area contributed by atoms with E-state index < -0.39 is 0 Å². The zero-order valence-electron chi connectivity index (χ0n) is 9.88. The summed E-state index contributed by atoms with van der Waals surface area (Å²) < 4.78 is 0.956. The molecule has 0 heterocycles. The summed E-state index contributed by atoms with van der Waals surface area (Å²) in [6, 6.07) is 8.05. The van der Waals surface area contributed by atoms with Crippen molar-refractivity contribution in [1.29, 1.82) is 5.26 Å². The third kappa shape index (κ3) is 3.47. The van der Waals surface area contributed by atoms with Crippen LogP contribution in [0.5, 0.6) is 0 Å². The summed E-state index contributed by atoms with van der Waals surface area (Å²) in [6.45, 7) is 0.996. The lowest BCUT2D eigenvalue weighted by atomic mass is 9.89. The third-order valence-corrected chi connectivity index (χ3v) is 3.90. The lowest BCUT2D eigenvalue weighted by Gasteiger charge is -2.22. The predicted molar refractivity (Wildman–Crippen MR) is 73.9 cm³/mol. The molecule has 2 rings (SSSR count). The van der Waals surface area contributed by atoms with Crippen molar-refractivity contribution < 1.29 is 0 Å². The highest BCUT2D eigenvalue weighted by Gasteiger charge is 2.13. The summed E-state index contributed by atoms with van der Waals surface area (Å²) in [5.74, 6) is 0.777. The number of nitrogens with zero attached hydrogens (tertiary/aromatic N) is 1. The second-order valence-electron chi connectivity index (χ2n) is 4.69. The van der Waals surface area contributed by atoms with Gasteiger partial charge in [0.05, 0.1) is 11.3 Å². The van der Waals surface area contributed by atoms with Gasteiger partial charge >= 0.3 is 0 Å². The van der Waals surface area contributed by atoms with Gasteiger partial charge in [0, 0.05) is 11.0 Å². The number of hydrogen-bond donors (Lipinski definition) is 1. The molecule has 0 aromatic heterocycles. The van der Waals surface area contributed by atoms with E-state index in [0.717, 1.165) is 28.2 Å². The molecule has 0 unspecified atom stereocenters. The van der Waals surface area contributed by atoms with E-state index in [-0.39, 0.29) is 0 Å². The van der Waals surface area contributed by atoms with Crippen molar-refractivity contribution in [2.75, 3.05) is 11.9 Å². The fourth-order valence-electron chi connectivity index (χ4n) is 2.41. The molecule has 2 nitrogen and oxygen atoms in total. The first-order valence-electron chi connectivity index (χ1n) is 6.23. The van der Waals surface area contributed by atoms with E-state index in [4.69, 9.17) is 5.26 Å². The highest BCUT2D eigenvalue weighted by atomic mass is 79.9. The topological polar surface area (TPSA) is 35.8 Å². The lowest BCUT2D eigenvalue weighted by molar-refractivity contribution is 0.373. The molecule has 17 heavy (non-hydrogen) atoms. The van der Waals surface area contributed by atoms with Gasteiger partial charge < -0.3 is 5.32 Å². The predicted octanol–water partition coefficient (Wildman–Crippen LogP) is 4.31. The number of nitrogens with one attached hydrogen (secondary N) is 1. The quantitative estimate of drug-likeness (QED) is 0.901. The Bertz CT molecular complexity index is 417. The molecule has 0 saturated heterocycles. The number of halogens is 1. The molecule has 0 spiro atoms. The number of rotatable bonds is 3. The molecule has 1 aromatic rings. The second-order valence-corrected chi connectivity index (χ2v) is 5.60. The largest absolute Gasteiger partial charge is 0.384 e. The minimum Gasteiger partial charge on any atom is -0.384 e. The Morgan fingerprint density at radius 2 is 2.06 bits per heavy atom. The van der Waals surface area contributed by atoms with Gasteiger partial charge in [0.1, 0.15) is 6.07 Å². The van der Waals surface area contributed by atoms with Gasteiger partial charge in [0.15, 0.2) is 0 Å². The van der Waals surface area contributed by atoms with Crippen molar-refractivity contribution in [2.24, 2.45) is 5.92 Å². The number of hydrogen-bond acceptors (Lipinski definition) is 2. The van der Waals surface area contributed by atoms with Gasteiger partial charge in [-0.15, -0.1) is 0 Å². The first kappa shape index (κ1) is 12.4. The Hall–Kier alpha value is -1.01. The average molecular weight is 293 g/mol. The summed E-state index contributed by atoms with van der Waals surface area (Å²) in [4.78, 5) is 0. The van der Waals surface area contributed by atoms with Gasteiger partial charge in [-0.25, -0.2) is 0 Å². The van der Waals surface area contributed by atoms with Crippen LogP contribution in [0.1, 0.15) is 37.7 Å². The Morgan fingerprint density at radius 3 is 2.76 bits per heavy atom. The summed E-state index contributed by atoms with van der Waals surface area (Å²) in [5.41, 5.74) is 1.68. The van der Waals surface area contributed by atoms with Crippen molar-refractivity contribution >= 4 is 21.6 Å². The monoisotopic (exact) mass is 292 g/mol. The molecule has 90 valence electrons. The fourth-order valence-corrected chi connectivity index (χ4v) is 2.77. The van der Waals surface area contributed by atoms with Crippen LogP contribution in [-0.4, -0.2) is 6.54 Å². The van der Waals surface area contributed by atoms with Gasteiger partial charge in [0.2, 0.25) is 0 Å². The fraction of sp³-hybridized carbons (Fsp3) is 0.500. The van der Waals surface area contributed by atoms with Gasteiger partial charge in [-0.05, 0) is 37.0 Å². The zero-order chi connectivity index (χ0) is 12.1. The molecule has 0 radical (unpaired) electrons. The minimum absolute atomic E-state index is 0.718. The minimum atomic E-state index is 0.718. The van der Waals surface area contributed by atoms with Crippen LogP contribution < -0.4 is 5.32 Å². The highest BCUT2D eigenvalue weighted by molar-refractivity contribution is 9.10. The van der Waals surface area contributed by atoms with Crippen molar-refractivity contribution in [1.82, 2.24) is 0 Å². The Kier molecular flexibility index (Phi) is 4.44. The zero-order valence-corrected chi connectivity index (χ0v) is 11.5. The average Bonchev–Trinajstić information content (AvgIpc) is 2.38. The van der Waals surface area contributed by atoms with Crippen molar-refractivity contribution in [2.45, 2.75) is 32.1 Å². The normalized spacial score (nSPS) is 16.5. The number of benzene rings is 1. The standard InChI is InChI=1S/C14H17BrN2/c15-13-6-7-14(12(8-13)9-16)17-10-11-4-2-1-3-5-11/h6-8,11,17H,1-5,10H2. The number of anilines is 1. The highest BCUT2D eigenvalue weighted by Crippen LogP contribution is 2.25. The van der Waals surface area contributed by atoms with E-state index >= 15 is 0 Å². The SMILES string of the molecule is N#Cc1cc(Br)ccc1NCC1CCCCC1. The maximum Gasteiger partial charge on any atom is 0.101 e. The maximum absolute atomic E-state index is 9.07.